The van der Waals surface area contributed by atoms with Gasteiger partial charge in [-0.1, -0.05) is 6.92 Å². The van der Waals surface area contributed by atoms with Crippen molar-refractivity contribution in [1.29, 1.82) is 0 Å². The molecule has 2 unspecified atom stereocenters. The molecule has 0 saturated carbocycles. The molecular weight excluding hydrogens is 346 g/mol. The van der Waals surface area contributed by atoms with Gasteiger partial charge in [0, 0.05) is 40.4 Å². The second kappa shape index (κ2) is 5.32. The Kier molecular flexibility index (Phi) is 3.30. The Balaban J connectivity index is 1.77. The lowest BCUT2D eigenvalue weighted by atomic mass is 9.66. The van der Waals surface area contributed by atoms with Crippen molar-refractivity contribution in [2.75, 3.05) is 11.9 Å². The minimum Gasteiger partial charge on any atom is -0.377 e. The van der Waals surface area contributed by atoms with Gasteiger partial charge in [0.15, 0.2) is 0 Å². The Morgan fingerprint density at radius 2 is 1.89 bits per heavy atom. The molecule has 2 atom stereocenters. The Labute approximate surface area is 156 Å². The normalized spacial score (nSPS) is 25.9. The minimum absolute atomic E-state index is 0.00572. The van der Waals surface area contributed by atoms with Crippen molar-refractivity contribution < 1.29 is 13.5 Å². The number of fused-ring (bicyclic) bond motifs is 4. The van der Waals surface area contributed by atoms with Crippen LogP contribution in [0.1, 0.15) is 32.8 Å². The van der Waals surface area contributed by atoms with Crippen molar-refractivity contribution in [3.05, 3.63) is 53.7 Å². The minimum atomic E-state index is -0.373. The van der Waals surface area contributed by atoms with Crippen LogP contribution in [0, 0.1) is 11.6 Å². The zero-order chi connectivity index (χ0) is 19.0. The molecule has 27 heavy (non-hydrogen) atoms. The van der Waals surface area contributed by atoms with E-state index in [0.29, 0.717) is 17.7 Å². The van der Waals surface area contributed by atoms with Gasteiger partial charge in [-0.05, 0) is 56.2 Å². The number of hydrogen-bond donors (Lipinski definition) is 2. The molecule has 0 radical (unpaired) electrons. The van der Waals surface area contributed by atoms with Gasteiger partial charge in [0.25, 0.3) is 0 Å². The number of rotatable bonds is 1. The van der Waals surface area contributed by atoms with Gasteiger partial charge >= 0.3 is 0 Å². The summed E-state index contributed by atoms with van der Waals surface area (Å²) in [5.74, 6) is -0.735. The summed E-state index contributed by atoms with van der Waals surface area (Å²) in [7, 11) is 0. The quantitative estimate of drug-likeness (QED) is 0.606. The second-order valence-corrected chi connectivity index (χ2v) is 8.54. The first-order chi connectivity index (χ1) is 12.8. The van der Waals surface area contributed by atoms with Crippen LogP contribution in [0.3, 0.4) is 0 Å². The maximum absolute atomic E-state index is 15.1. The lowest BCUT2D eigenvalue weighted by Gasteiger charge is -2.48. The molecule has 5 heteroatoms. The first-order valence-electron chi connectivity index (χ1n) is 9.30. The molecule has 2 aliphatic heterocycles. The van der Waals surface area contributed by atoms with Crippen molar-refractivity contribution in [3.63, 3.8) is 0 Å². The number of aromatic amines is 1. The van der Waals surface area contributed by atoms with E-state index in [1.165, 1.54) is 12.1 Å². The van der Waals surface area contributed by atoms with Crippen molar-refractivity contribution >= 4 is 16.6 Å². The highest BCUT2D eigenvalue weighted by atomic mass is 19.1. The Bertz CT molecular complexity index is 1070. The summed E-state index contributed by atoms with van der Waals surface area (Å²) in [6.07, 6.45) is 2.62. The van der Waals surface area contributed by atoms with Crippen LogP contribution in [0.2, 0.25) is 0 Å². The summed E-state index contributed by atoms with van der Waals surface area (Å²) >= 11 is 0. The number of anilines is 1. The predicted molar refractivity (Wildman–Crippen MR) is 103 cm³/mol. The van der Waals surface area contributed by atoms with Gasteiger partial charge in [-0.15, -0.1) is 0 Å². The van der Waals surface area contributed by atoms with E-state index in [-0.39, 0.29) is 28.7 Å². The summed E-state index contributed by atoms with van der Waals surface area (Å²) in [6.45, 7) is 7.04. The molecule has 0 amide bonds. The van der Waals surface area contributed by atoms with Crippen LogP contribution in [-0.4, -0.2) is 23.2 Å². The standard InChI is InChI=1S/C22H22F2N2O/c1-21(2)20-22(3,5-7-27-20)16-10-14(17(24)11-18(16)26-21)15-9-13(23)8-12-4-6-25-19(12)15/h4,6,8-11,20,25-26H,5,7H2,1-3H3. The van der Waals surface area contributed by atoms with E-state index < -0.39 is 0 Å². The molecule has 3 nitrogen and oxygen atoms in total. The van der Waals surface area contributed by atoms with Crippen LogP contribution in [0.25, 0.3) is 22.0 Å². The lowest BCUT2D eigenvalue weighted by molar-refractivity contribution is 0.0352. The largest absolute Gasteiger partial charge is 0.377 e. The van der Waals surface area contributed by atoms with Gasteiger partial charge < -0.3 is 15.0 Å². The highest BCUT2D eigenvalue weighted by Crippen LogP contribution is 2.51. The first-order valence-corrected chi connectivity index (χ1v) is 9.30. The number of ether oxygens (including phenoxy) is 1. The van der Waals surface area contributed by atoms with E-state index in [9.17, 15) is 4.39 Å². The van der Waals surface area contributed by atoms with E-state index in [4.69, 9.17) is 4.74 Å². The summed E-state index contributed by atoms with van der Waals surface area (Å²) in [5, 5.41) is 4.18. The molecule has 2 N–H and O–H groups in total. The van der Waals surface area contributed by atoms with Crippen molar-refractivity contribution in [1.82, 2.24) is 4.98 Å². The maximum Gasteiger partial charge on any atom is 0.133 e. The molecule has 1 saturated heterocycles. The Hall–Kier alpha value is -2.40. The number of hydrogen-bond acceptors (Lipinski definition) is 2. The number of aromatic nitrogens is 1. The van der Waals surface area contributed by atoms with Crippen LogP contribution < -0.4 is 5.32 Å². The number of benzene rings is 2. The molecule has 5 rings (SSSR count). The third kappa shape index (κ3) is 2.27. The van der Waals surface area contributed by atoms with Crippen LogP contribution in [0.4, 0.5) is 14.5 Å². The molecule has 1 aromatic heterocycles. The molecule has 3 heterocycles. The second-order valence-electron chi connectivity index (χ2n) is 8.54. The number of H-pyrrole nitrogens is 1. The maximum atomic E-state index is 15.1. The van der Waals surface area contributed by atoms with Crippen molar-refractivity contribution in [2.45, 2.75) is 44.2 Å². The van der Waals surface area contributed by atoms with Gasteiger partial charge in [0.1, 0.15) is 11.6 Å². The molecule has 1 fully saturated rings. The molecular formula is C22H22F2N2O. The highest BCUT2D eigenvalue weighted by Gasteiger charge is 2.53. The number of nitrogens with one attached hydrogen (secondary N) is 2. The van der Waals surface area contributed by atoms with Gasteiger partial charge in [-0.2, -0.15) is 0 Å². The summed E-state index contributed by atoms with van der Waals surface area (Å²) in [6, 6.07) is 8.08. The van der Waals surface area contributed by atoms with Gasteiger partial charge in [-0.3, -0.25) is 0 Å². The van der Waals surface area contributed by atoms with Crippen LogP contribution in [0.5, 0.6) is 0 Å². The summed E-state index contributed by atoms with van der Waals surface area (Å²) in [5.41, 5.74) is 3.01. The number of halogens is 2. The SMILES string of the molecule is CC1(C)Nc2cc(F)c(-c3cc(F)cc4cc[nH]c34)cc2C2(C)CCOC12. The van der Waals surface area contributed by atoms with Crippen molar-refractivity contribution in [3.8, 4) is 11.1 Å². The zero-order valence-electron chi connectivity index (χ0n) is 15.6. The fourth-order valence-corrected chi connectivity index (χ4v) is 5.10. The fraction of sp³-hybridized carbons (Fsp3) is 0.364. The van der Waals surface area contributed by atoms with E-state index in [1.54, 1.807) is 18.3 Å². The first kappa shape index (κ1) is 16.8. The molecule has 140 valence electrons. The van der Waals surface area contributed by atoms with E-state index in [2.05, 4.69) is 31.1 Å². The fourth-order valence-electron chi connectivity index (χ4n) is 5.10. The molecule has 0 spiro atoms. The Morgan fingerprint density at radius 3 is 2.70 bits per heavy atom. The van der Waals surface area contributed by atoms with E-state index in [1.807, 2.05) is 6.07 Å². The zero-order valence-corrected chi connectivity index (χ0v) is 15.6. The monoisotopic (exact) mass is 368 g/mol. The van der Waals surface area contributed by atoms with Crippen LogP contribution >= 0.6 is 0 Å². The van der Waals surface area contributed by atoms with Crippen LogP contribution in [-0.2, 0) is 10.2 Å². The molecule has 2 aliphatic rings. The topological polar surface area (TPSA) is 37.0 Å². The molecule has 3 aromatic rings. The van der Waals surface area contributed by atoms with Crippen molar-refractivity contribution in [2.24, 2.45) is 0 Å². The molecule has 2 aromatic carbocycles. The average Bonchev–Trinajstić information content (AvgIpc) is 3.20. The lowest BCUT2D eigenvalue weighted by Crippen LogP contribution is -2.56. The third-order valence-electron chi connectivity index (χ3n) is 6.23. The predicted octanol–water partition coefficient (Wildman–Crippen LogP) is 5.36. The Morgan fingerprint density at radius 1 is 1.07 bits per heavy atom. The van der Waals surface area contributed by atoms with Crippen LogP contribution in [0.15, 0.2) is 36.5 Å². The van der Waals surface area contributed by atoms with Gasteiger partial charge in [0.05, 0.1) is 17.2 Å². The van der Waals surface area contributed by atoms with E-state index in [0.717, 1.165) is 28.6 Å². The van der Waals surface area contributed by atoms with Gasteiger partial charge in [0.2, 0.25) is 0 Å². The molecule has 0 bridgehead atoms. The smallest absolute Gasteiger partial charge is 0.133 e. The average molecular weight is 368 g/mol. The third-order valence-corrected chi connectivity index (χ3v) is 6.23. The van der Waals surface area contributed by atoms with E-state index >= 15 is 4.39 Å². The van der Waals surface area contributed by atoms with Gasteiger partial charge in [-0.25, -0.2) is 8.78 Å². The molecule has 0 aliphatic carbocycles. The highest BCUT2D eigenvalue weighted by molar-refractivity contribution is 5.95. The summed E-state index contributed by atoms with van der Waals surface area (Å²) < 4.78 is 35.4. The summed E-state index contributed by atoms with van der Waals surface area (Å²) in [4.78, 5) is 3.12.